The van der Waals surface area contributed by atoms with Crippen LogP contribution in [-0.2, 0) is 13.6 Å². The number of rotatable bonds is 5. The molecule has 0 saturated heterocycles. The first kappa shape index (κ1) is 20.7. The van der Waals surface area contributed by atoms with Gasteiger partial charge in [-0.25, -0.2) is 4.79 Å². The van der Waals surface area contributed by atoms with Gasteiger partial charge in [0.15, 0.2) is 0 Å². The van der Waals surface area contributed by atoms with Crippen molar-refractivity contribution in [2.24, 2.45) is 7.05 Å². The van der Waals surface area contributed by atoms with Crippen molar-refractivity contribution in [1.29, 1.82) is 0 Å². The summed E-state index contributed by atoms with van der Waals surface area (Å²) >= 11 is 5.94. The van der Waals surface area contributed by atoms with Gasteiger partial charge in [0, 0.05) is 43.1 Å². The van der Waals surface area contributed by atoms with E-state index >= 15 is 0 Å². The average molecular weight is 410 g/mol. The van der Waals surface area contributed by atoms with E-state index in [-0.39, 0.29) is 11.8 Å². The minimum atomic E-state index is -0.124. The lowest BCUT2D eigenvalue weighted by molar-refractivity contribution is 0.103. The second-order valence-electron chi connectivity index (χ2n) is 7.16. The normalized spacial score (nSPS) is 10.7. The molecule has 1 aromatic heterocycles. The van der Waals surface area contributed by atoms with Crippen molar-refractivity contribution in [2.45, 2.75) is 13.5 Å². The summed E-state index contributed by atoms with van der Waals surface area (Å²) in [6.07, 6.45) is 0. The predicted octanol–water partition coefficient (Wildman–Crippen LogP) is 4.91. The zero-order valence-electron chi connectivity index (χ0n) is 17.0. The third kappa shape index (κ3) is 4.35. The van der Waals surface area contributed by atoms with Gasteiger partial charge >= 0.3 is 6.03 Å². The fourth-order valence-corrected chi connectivity index (χ4v) is 3.45. The molecule has 3 rings (SSSR count). The van der Waals surface area contributed by atoms with Crippen LogP contribution in [0.2, 0.25) is 5.02 Å². The van der Waals surface area contributed by atoms with E-state index in [9.17, 15) is 9.59 Å². The van der Waals surface area contributed by atoms with Gasteiger partial charge in [0.1, 0.15) is 0 Å². The van der Waals surface area contributed by atoms with Crippen LogP contribution in [0, 0.1) is 6.92 Å². The van der Waals surface area contributed by atoms with Crippen LogP contribution in [-0.4, -0.2) is 35.4 Å². The molecule has 29 heavy (non-hydrogen) atoms. The van der Waals surface area contributed by atoms with E-state index < -0.39 is 0 Å². The number of nitrogens with zero attached hydrogens (tertiary/aromatic N) is 3. The van der Waals surface area contributed by atoms with Crippen LogP contribution in [0.4, 0.5) is 10.5 Å². The molecule has 6 heteroatoms. The van der Waals surface area contributed by atoms with Crippen molar-refractivity contribution >= 4 is 29.1 Å². The number of hydrogen-bond acceptors (Lipinski definition) is 2. The van der Waals surface area contributed by atoms with E-state index in [4.69, 9.17) is 11.6 Å². The predicted molar refractivity (Wildman–Crippen MR) is 117 cm³/mol. The SMILES string of the molecule is Cc1cc(CN(C(=O)N(C)C)c2ccccc2)n(C)c1C(=O)c1ccc(Cl)cc1. The molecule has 0 spiro atoms. The van der Waals surface area contributed by atoms with Crippen molar-refractivity contribution < 1.29 is 9.59 Å². The largest absolute Gasteiger partial charge is 0.343 e. The van der Waals surface area contributed by atoms with E-state index in [1.165, 1.54) is 0 Å². The van der Waals surface area contributed by atoms with Crippen LogP contribution in [0.1, 0.15) is 27.3 Å². The zero-order chi connectivity index (χ0) is 21.1. The number of hydrogen-bond donors (Lipinski definition) is 0. The standard InChI is InChI=1S/C23H24ClN3O2/c1-16-14-20(15-27(23(29)25(2)3)19-8-6-5-7-9-19)26(4)21(16)22(28)17-10-12-18(24)13-11-17/h5-14H,15H2,1-4H3. The molecule has 0 fully saturated rings. The van der Waals surface area contributed by atoms with Crippen molar-refractivity contribution in [3.8, 4) is 0 Å². The molecule has 5 nitrogen and oxygen atoms in total. The average Bonchev–Trinajstić information content (AvgIpc) is 2.99. The van der Waals surface area contributed by atoms with Gasteiger partial charge in [-0.05, 0) is 55.0 Å². The van der Waals surface area contributed by atoms with E-state index in [0.29, 0.717) is 22.8 Å². The molecule has 3 aromatic rings. The second-order valence-corrected chi connectivity index (χ2v) is 7.60. The Hall–Kier alpha value is -3.05. The summed E-state index contributed by atoms with van der Waals surface area (Å²) < 4.78 is 1.87. The highest BCUT2D eigenvalue weighted by Crippen LogP contribution is 2.23. The van der Waals surface area contributed by atoms with Crippen LogP contribution in [0.3, 0.4) is 0 Å². The summed E-state index contributed by atoms with van der Waals surface area (Å²) in [4.78, 5) is 29.1. The smallest absolute Gasteiger partial charge is 0.324 e. The van der Waals surface area contributed by atoms with Gasteiger partial charge in [-0.1, -0.05) is 29.8 Å². The molecule has 0 radical (unpaired) electrons. The van der Waals surface area contributed by atoms with Gasteiger partial charge in [0.05, 0.1) is 12.2 Å². The molecule has 0 N–H and O–H groups in total. The Bertz CT molecular complexity index is 1020. The summed E-state index contributed by atoms with van der Waals surface area (Å²) in [5, 5.41) is 0.589. The van der Waals surface area contributed by atoms with Gasteiger partial charge in [-0.2, -0.15) is 0 Å². The van der Waals surface area contributed by atoms with Gasteiger partial charge in [0.2, 0.25) is 5.78 Å². The molecule has 2 amide bonds. The van der Waals surface area contributed by atoms with Gasteiger partial charge in [-0.3, -0.25) is 9.69 Å². The highest BCUT2D eigenvalue weighted by Gasteiger charge is 2.23. The first-order chi connectivity index (χ1) is 13.8. The van der Waals surface area contributed by atoms with Crippen LogP contribution in [0.25, 0.3) is 0 Å². The molecule has 0 bridgehead atoms. The fourth-order valence-electron chi connectivity index (χ4n) is 3.33. The maximum Gasteiger partial charge on any atom is 0.324 e. The second kappa shape index (κ2) is 8.53. The van der Waals surface area contributed by atoms with Crippen molar-refractivity contribution in [1.82, 2.24) is 9.47 Å². The molecule has 0 saturated carbocycles. The number of aryl methyl sites for hydroxylation is 1. The number of ketones is 1. The number of para-hydroxylation sites is 1. The maximum absolute atomic E-state index is 13.1. The summed E-state index contributed by atoms with van der Waals surface area (Å²) in [7, 11) is 5.31. The van der Waals surface area contributed by atoms with E-state index in [1.807, 2.05) is 54.9 Å². The Morgan fingerprint density at radius 1 is 1.00 bits per heavy atom. The Labute approximate surface area is 176 Å². The quantitative estimate of drug-likeness (QED) is 0.562. The molecular formula is C23H24ClN3O2. The number of carbonyl (C=O) groups excluding carboxylic acids is 2. The summed E-state index contributed by atoms with van der Waals surface area (Å²) in [6.45, 7) is 2.26. The van der Waals surface area contributed by atoms with Crippen LogP contribution >= 0.6 is 11.6 Å². The third-order valence-corrected chi connectivity index (χ3v) is 5.10. The van der Waals surface area contributed by atoms with Gasteiger partial charge in [0.25, 0.3) is 0 Å². The Morgan fingerprint density at radius 2 is 1.62 bits per heavy atom. The molecule has 0 aliphatic rings. The number of halogens is 1. The molecule has 2 aromatic carbocycles. The summed E-state index contributed by atoms with van der Waals surface area (Å²) in [5.41, 5.74) is 3.73. The van der Waals surface area contributed by atoms with Crippen LogP contribution in [0.5, 0.6) is 0 Å². The molecule has 150 valence electrons. The topological polar surface area (TPSA) is 45.6 Å². The molecule has 0 atom stereocenters. The highest BCUT2D eigenvalue weighted by atomic mass is 35.5. The molecule has 0 aliphatic heterocycles. The monoisotopic (exact) mass is 409 g/mol. The fraction of sp³-hybridized carbons (Fsp3) is 0.217. The molecule has 0 unspecified atom stereocenters. The van der Waals surface area contributed by atoms with E-state index in [2.05, 4.69) is 0 Å². The number of amides is 2. The van der Waals surface area contributed by atoms with E-state index in [1.54, 1.807) is 48.2 Å². The number of anilines is 1. The zero-order valence-corrected chi connectivity index (χ0v) is 17.8. The van der Waals surface area contributed by atoms with Crippen molar-refractivity contribution in [3.05, 3.63) is 88.2 Å². The maximum atomic E-state index is 13.1. The third-order valence-electron chi connectivity index (χ3n) is 4.85. The number of aromatic nitrogens is 1. The first-order valence-corrected chi connectivity index (χ1v) is 9.66. The summed E-state index contributed by atoms with van der Waals surface area (Å²) in [5.74, 6) is -0.0712. The number of carbonyl (C=O) groups is 2. The Kier molecular flexibility index (Phi) is 6.09. The lowest BCUT2D eigenvalue weighted by Gasteiger charge is -2.26. The first-order valence-electron chi connectivity index (χ1n) is 9.29. The van der Waals surface area contributed by atoms with E-state index in [0.717, 1.165) is 16.9 Å². The number of benzene rings is 2. The number of urea groups is 1. The van der Waals surface area contributed by atoms with Crippen LogP contribution < -0.4 is 4.90 Å². The Morgan fingerprint density at radius 3 is 2.21 bits per heavy atom. The van der Waals surface area contributed by atoms with Gasteiger partial charge < -0.3 is 9.47 Å². The van der Waals surface area contributed by atoms with Gasteiger partial charge in [-0.15, -0.1) is 0 Å². The molecule has 1 heterocycles. The molecule has 0 aliphatic carbocycles. The lowest BCUT2D eigenvalue weighted by atomic mass is 10.1. The summed E-state index contributed by atoms with van der Waals surface area (Å²) in [6, 6.07) is 18.2. The van der Waals surface area contributed by atoms with Crippen molar-refractivity contribution in [3.63, 3.8) is 0 Å². The van der Waals surface area contributed by atoms with Crippen molar-refractivity contribution in [2.75, 3.05) is 19.0 Å². The minimum Gasteiger partial charge on any atom is -0.343 e. The minimum absolute atomic E-state index is 0.0712. The lowest BCUT2D eigenvalue weighted by Crippen LogP contribution is -2.39. The highest BCUT2D eigenvalue weighted by molar-refractivity contribution is 6.30. The molecular weight excluding hydrogens is 386 g/mol. The van der Waals surface area contributed by atoms with Crippen LogP contribution in [0.15, 0.2) is 60.7 Å². The Balaban J connectivity index is 1.97.